The molecule has 1 aromatic rings. The largest absolute Gasteiger partial charge is 0.496 e. The van der Waals surface area contributed by atoms with Gasteiger partial charge in [0.1, 0.15) is 5.15 Å². The molecular weight excluding hydrogens is 250 g/mol. The van der Waals surface area contributed by atoms with Crippen molar-refractivity contribution in [3.05, 3.63) is 23.0 Å². The van der Waals surface area contributed by atoms with Gasteiger partial charge in [0.15, 0.2) is 0 Å². The number of rotatable bonds is 2. The van der Waals surface area contributed by atoms with E-state index in [4.69, 9.17) is 26.6 Å². The minimum Gasteiger partial charge on any atom is -0.399 e. The average Bonchev–Trinajstić information content (AvgIpc) is 2.47. The average molecular weight is 269 g/mol. The third-order valence-corrected chi connectivity index (χ3v) is 3.92. The standard InChI is InChI=1S/C12H18BClN2O2/c1-11(2)12(3,4)18-13(17-11)9-7-16-10(14)5-8(9)6-15/h5,7H,6,15H2,1-4H3. The first kappa shape index (κ1) is 13.8. The van der Waals surface area contributed by atoms with E-state index in [0.29, 0.717) is 11.7 Å². The van der Waals surface area contributed by atoms with Crippen LogP contribution in [0.5, 0.6) is 0 Å². The molecule has 0 aliphatic carbocycles. The summed E-state index contributed by atoms with van der Waals surface area (Å²) < 4.78 is 11.9. The Morgan fingerprint density at radius 3 is 2.33 bits per heavy atom. The van der Waals surface area contributed by atoms with E-state index in [9.17, 15) is 0 Å². The number of nitrogens with two attached hydrogens (primary N) is 1. The molecule has 1 aliphatic rings. The molecule has 98 valence electrons. The van der Waals surface area contributed by atoms with Crippen LogP contribution in [0.4, 0.5) is 0 Å². The maximum atomic E-state index is 5.97. The fourth-order valence-corrected chi connectivity index (χ4v) is 2.02. The zero-order valence-corrected chi connectivity index (χ0v) is 11.9. The summed E-state index contributed by atoms with van der Waals surface area (Å²) in [7, 11) is -0.446. The molecule has 0 radical (unpaired) electrons. The van der Waals surface area contributed by atoms with Gasteiger partial charge in [0.25, 0.3) is 0 Å². The van der Waals surface area contributed by atoms with Crippen LogP contribution in [0.25, 0.3) is 0 Å². The van der Waals surface area contributed by atoms with Gasteiger partial charge >= 0.3 is 7.12 Å². The van der Waals surface area contributed by atoms with Crippen molar-refractivity contribution >= 4 is 24.2 Å². The molecule has 0 bridgehead atoms. The fraction of sp³-hybridized carbons (Fsp3) is 0.583. The van der Waals surface area contributed by atoms with Crippen molar-refractivity contribution in [2.75, 3.05) is 0 Å². The van der Waals surface area contributed by atoms with Crippen LogP contribution in [0, 0.1) is 0 Å². The normalized spacial score (nSPS) is 21.3. The van der Waals surface area contributed by atoms with Crippen molar-refractivity contribution in [1.82, 2.24) is 4.98 Å². The van der Waals surface area contributed by atoms with E-state index >= 15 is 0 Å². The molecule has 4 nitrogen and oxygen atoms in total. The summed E-state index contributed by atoms with van der Waals surface area (Å²) in [6.45, 7) is 8.43. The van der Waals surface area contributed by atoms with Crippen LogP contribution in [-0.2, 0) is 15.9 Å². The predicted molar refractivity (Wildman–Crippen MR) is 72.9 cm³/mol. The van der Waals surface area contributed by atoms with Crippen LogP contribution in [0.15, 0.2) is 12.3 Å². The number of hydrogen-bond donors (Lipinski definition) is 1. The Morgan fingerprint density at radius 2 is 1.83 bits per heavy atom. The lowest BCUT2D eigenvalue weighted by atomic mass is 9.77. The Bertz CT molecular complexity index is 449. The van der Waals surface area contributed by atoms with Crippen LogP contribution in [-0.4, -0.2) is 23.3 Å². The number of hydrogen-bond acceptors (Lipinski definition) is 4. The van der Waals surface area contributed by atoms with Gasteiger partial charge in [-0.2, -0.15) is 0 Å². The highest BCUT2D eigenvalue weighted by Crippen LogP contribution is 2.36. The molecule has 18 heavy (non-hydrogen) atoms. The van der Waals surface area contributed by atoms with E-state index in [1.54, 1.807) is 12.3 Å². The second-order valence-corrected chi connectivity index (χ2v) is 5.89. The maximum Gasteiger partial charge on any atom is 0.496 e. The molecule has 1 saturated heterocycles. The zero-order chi connectivity index (χ0) is 13.6. The smallest absolute Gasteiger partial charge is 0.399 e. The van der Waals surface area contributed by atoms with Crippen molar-refractivity contribution in [2.24, 2.45) is 5.73 Å². The summed E-state index contributed by atoms with van der Waals surface area (Å²) in [6, 6.07) is 1.75. The molecule has 1 aromatic heterocycles. The Labute approximate surface area is 113 Å². The molecule has 0 unspecified atom stereocenters. The minimum atomic E-state index is -0.446. The Balaban J connectivity index is 2.35. The third-order valence-electron chi connectivity index (χ3n) is 3.72. The van der Waals surface area contributed by atoms with Crippen LogP contribution >= 0.6 is 11.6 Å². The van der Waals surface area contributed by atoms with E-state index in [0.717, 1.165) is 11.0 Å². The first-order valence-corrected chi connectivity index (χ1v) is 6.34. The lowest BCUT2D eigenvalue weighted by Gasteiger charge is -2.32. The molecule has 1 aliphatic heterocycles. The number of nitrogens with zero attached hydrogens (tertiary/aromatic N) is 1. The first-order chi connectivity index (χ1) is 8.27. The summed E-state index contributed by atoms with van der Waals surface area (Å²) in [5.74, 6) is 0. The molecule has 0 saturated carbocycles. The molecule has 2 N–H and O–H groups in total. The monoisotopic (exact) mass is 268 g/mol. The van der Waals surface area contributed by atoms with Crippen LogP contribution in [0.2, 0.25) is 5.15 Å². The van der Waals surface area contributed by atoms with Crippen LogP contribution in [0.1, 0.15) is 33.3 Å². The van der Waals surface area contributed by atoms with Crippen molar-refractivity contribution in [3.63, 3.8) is 0 Å². The van der Waals surface area contributed by atoms with Gasteiger partial charge in [-0.1, -0.05) is 11.6 Å². The lowest BCUT2D eigenvalue weighted by Crippen LogP contribution is -2.41. The summed E-state index contributed by atoms with van der Waals surface area (Å²) in [5.41, 5.74) is 6.73. The molecule has 1 fully saturated rings. The molecule has 0 aromatic carbocycles. The second-order valence-electron chi connectivity index (χ2n) is 5.50. The highest BCUT2D eigenvalue weighted by molar-refractivity contribution is 6.62. The van der Waals surface area contributed by atoms with Crippen LogP contribution < -0.4 is 11.2 Å². The lowest BCUT2D eigenvalue weighted by molar-refractivity contribution is 0.00578. The van der Waals surface area contributed by atoms with Gasteiger partial charge < -0.3 is 15.0 Å². The van der Waals surface area contributed by atoms with E-state index in [-0.39, 0.29) is 11.2 Å². The van der Waals surface area contributed by atoms with Gasteiger partial charge in [-0.25, -0.2) is 4.98 Å². The molecule has 2 heterocycles. The maximum absolute atomic E-state index is 5.97. The minimum absolute atomic E-state index is 0.372. The number of halogens is 1. The summed E-state index contributed by atoms with van der Waals surface area (Å²) >= 11 is 5.87. The molecular formula is C12H18BClN2O2. The number of aromatic nitrogens is 1. The molecule has 0 amide bonds. The van der Waals surface area contributed by atoms with Crippen molar-refractivity contribution in [2.45, 2.75) is 45.4 Å². The SMILES string of the molecule is CC1(C)OB(c2cnc(Cl)cc2CN)OC1(C)C. The molecule has 0 spiro atoms. The van der Waals surface area contributed by atoms with E-state index < -0.39 is 7.12 Å². The van der Waals surface area contributed by atoms with E-state index in [2.05, 4.69) is 4.98 Å². The van der Waals surface area contributed by atoms with Gasteiger partial charge in [0, 0.05) is 18.2 Å². The summed E-state index contributed by atoms with van der Waals surface area (Å²) in [5, 5.41) is 0.427. The number of pyridine rings is 1. The second kappa shape index (κ2) is 4.49. The van der Waals surface area contributed by atoms with Crippen molar-refractivity contribution in [3.8, 4) is 0 Å². The predicted octanol–water partition coefficient (Wildman–Crippen LogP) is 1.49. The quantitative estimate of drug-likeness (QED) is 0.652. The van der Waals surface area contributed by atoms with E-state index in [1.165, 1.54) is 0 Å². The topological polar surface area (TPSA) is 57.4 Å². The van der Waals surface area contributed by atoms with E-state index in [1.807, 2.05) is 27.7 Å². The van der Waals surface area contributed by atoms with Crippen LogP contribution in [0.3, 0.4) is 0 Å². The highest BCUT2D eigenvalue weighted by Gasteiger charge is 2.52. The Hall–Kier alpha value is -0.615. The first-order valence-electron chi connectivity index (χ1n) is 5.97. The summed E-state index contributed by atoms with van der Waals surface area (Å²) in [4.78, 5) is 4.08. The van der Waals surface area contributed by atoms with Gasteiger partial charge in [-0.3, -0.25) is 0 Å². The molecule has 2 rings (SSSR count). The van der Waals surface area contributed by atoms with Gasteiger partial charge in [-0.15, -0.1) is 0 Å². The Morgan fingerprint density at radius 1 is 1.28 bits per heavy atom. The van der Waals surface area contributed by atoms with Gasteiger partial charge in [0.05, 0.1) is 11.2 Å². The van der Waals surface area contributed by atoms with Crippen molar-refractivity contribution < 1.29 is 9.31 Å². The Kier molecular flexibility index (Phi) is 3.45. The molecule has 0 atom stereocenters. The highest BCUT2D eigenvalue weighted by atomic mass is 35.5. The zero-order valence-electron chi connectivity index (χ0n) is 11.2. The van der Waals surface area contributed by atoms with Gasteiger partial charge in [-0.05, 0) is 39.3 Å². The van der Waals surface area contributed by atoms with Gasteiger partial charge in [0.2, 0.25) is 0 Å². The molecule has 6 heteroatoms. The van der Waals surface area contributed by atoms with Crippen molar-refractivity contribution in [1.29, 1.82) is 0 Å². The third kappa shape index (κ3) is 2.28. The summed E-state index contributed by atoms with van der Waals surface area (Å²) in [6.07, 6.45) is 1.67. The fourth-order valence-electron chi connectivity index (χ4n) is 1.84.